The number of rotatable bonds is 1. The smallest absolute Gasteiger partial charge is 0.123 e. The molecule has 0 amide bonds. The lowest BCUT2D eigenvalue weighted by atomic mass is 10.0. The Bertz CT molecular complexity index is 388. The van der Waals surface area contributed by atoms with Gasteiger partial charge in [-0.15, -0.1) is 9.24 Å². The van der Waals surface area contributed by atoms with Crippen LogP contribution in [0.25, 0.3) is 0 Å². The van der Waals surface area contributed by atoms with Crippen molar-refractivity contribution in [2.45, 2.75) is 37.4 Å². The van der Waals surface area contributed by atoms with Crippen LogP contribution in [0.1, 0.15) is 24.5 Å². The van der Waals surface area contributed by atoms with E-state index in [1.807, 2.05) is 0 Å². The number of ether oxygens (including phenoxy) is 1. The minimum absolute atomic E-state index is 0.165. The summed E-state index contributed by atoms with van der Waals surface area (Å²) in [5.41, 5.74) is 3.75. The summed E-state index contributed by atoms with van der Waals surface area (Å²) in [6, 6.07) is 6.44. The Morgan fingerprint density at radius 3 is 3.00 bits per heavy atom. The van der Waals surface area contributed by atoms with Crippen molar-refractivity contribution in [1.29, 1.82) is 0 Å². The van der Waals surface area contributed by atoms with Gasteiger partial charge in [-0.25, -0.2) is 0 Å². The van der Waals surface area contributed by atoms with Crippen molar-refractivity contribution in [3.63, 3.8) is 0 Å². The molecular formula is C12H15OP. The zero-order valence-electron chi connectivity index (χ0n) is 8.42. The molecule has 14 heavy (non-hydrogen) atoms. The fraction of sp³-hybridized carbons (Fsp3) is 0.500. The molecule has 74 valence electrons. The molecule has 0 N–H and O–H groups in total. The van der Waals surface area contributed by atoms with E-state index in [0.717, 1.165) is 18.6 Å². The number of hydrogen-bond acceptors (Lipinski definition) is 1. The number of aryl methyl sites for hydroxylation is 1. The molecule has 1 aliphatic carbocycles. The summed E-state index contributed by atoms with van der Waals surface area (Å²) in [5.74, 6) is 1.13. The Hall–Kier alpha value is -0.550. The first-order valence-corrected chi connectivity index (χ1v) is 5.97. The summed E-state index contributed by atoms with van der Waals surface area (Å²) in [6.45, 7) is 2.21. The van der Waals surface area contributed by atoms with E-state index in [-0.39, 0.29) is 5.60 Å². The van der Waals surface area contributed by atoms with Crippen LogP contribution in [-0.4, -0.2) is 11.3 Å². The topological polar surface area (TPSA) is 9.23 Å². The molecule has 1 heterocycles. The van der Waals surface area contributed by atoms with Crippen LogP contribution >= 0.6 is 9.24 Å². The molecule has 0 radical (unpaired) electrons. The molecule has 1 spiro atoms. The lowest BCUT2D eigenvalue weighted by Crippen LogP contribution is -2.17. The van der Waals surface area contributed by atoms with E-state index in [9.17, 15) is 0 Å². The van der Waals surface area contributed by atoms with Gasteiger partial charge >= 0.3 is 0 Å². The SMILES string of the molecule is CCc1cccc2c1CC1(CC1P)O2. The summed E-state index contributed by atoms with van der Waals surface area (Å²) in [6.07, 6.45) is 3.44. The van der Waals surface area contributed by atoms with Gasteiger partial charge in [0.15, 0.2) is 0 Å². The normalized spacial score (nSPS) is 32.9. The van der Waals surface area contributed by atoms with Crippen molar-refractivity contribution in [1.82, 2.24) is 0 Å². The Morgan fingerprint density at radius 1 is 1.57 bits per heavy atom. The molecule has 1 saturated carbocycles. The standard InChI is InChI=1S/C12H15OP/c1-2-8-4-3-5-10-9(8)6-12(13-10)7-11(12)14/h3-5,11H,2,6-7,14H2,1H3. The Labute approximate surface area is 87.1 Å². The molecule has 3 atom stereocenters. The molecule has 1 aromatic carbocycles. The molecule has 0 bridgehead atoms. The second-order valence-electron chi connectivity index (χ2n) is 4.40. The van der Waals surface area contributed by atoms with Gasteiger partial charge in [0, 0.05) is 17.6 Å². The highest BCUT2D eigenvalue weighted by Gasteiger charge is 2.57. The van der Waals surface area contributed by atoms with Crippen LogP contribution < -0.4 is 4.74 Å². The van der Waals surface area contributed by atoms with Gasteiger partial charge in [-0.2, -0.15) is 0 Å². The van der Waals surface area contributed by atoms with Gasteiger partial charge < -0.3 is 4.74 Å². The fourth-order valence-corrected chi connectivity index (χ4v) is 3.01. The first-order chi connectivity index (χ1) is 6.75. The van der Waals surface area contributed by atoms with Gasteiger partial charge in [-0.3, -0.25) is 0 Å². The van der Waals surface area contributed by atoms with Crippen LogP contribution in [0.3, 0.4) is 0 Å². The summed E-state index contributed by atoms with van der Waals surface area (Å²) in [4.78, 5) is 0. The molecule has 1 nitrogen and oxygen atoms in total. The first-order valence-electron chi connectivity index (χ1n) is 5.30. The molecule has 2 aliphatic rings. The Kier molecular flexibility index (Phi) is 1.70. The lowest BCUT2D eigenvalue weighted by molar-refractivity contribution is 0.213. The van der Waals surface area contributed by atoms with Crippen molar-refractivity contribution in [3.05, 3.63) is 29.3 Å². The third kappa shape index (κ3) is 1.05. The van der Waals surface area contributed by atoms with E-state index in [4.69, 9.17) is 4.74 Å². The maximum absolute atomic E-state index is 6.04. The molecule has 2 heteroatoms. The summed E-state index contributed by atoms with van der Waals surface area (Å²) in [7, 11) is 2.89. The van der Waals surface area contributed by atoms with E-state index >= 15 is 0 Å². The molecule has 1 aliphatic heterocycles. The van der Waals surface area contributed by atoms with Crippen LogP contribution in [0.2, 0.25) is 0 Å². The quantitative estimate of drug-likeness (QED) is 0.642. The average molecular weight is 206 g/mol. The second kappa shape index (κ2) is 2.73. The van der Waals surface area contributed by atoms with E-state index in [1.165, 1.54) is 17.5 Å². The number of hydrogen-bond donors (Lipinski definition) is 0. The maximum atomic E-state index is 6.04. The van der Waals surface area contributed by atoms with Crippen molar-refractivity contribution >= 4 is 9.24 Å². The zero-order valence-corrected chi connectivity index (χ0v) is 9.57. The second-order valence-corrected chi connectivity index (χ2v) is 5.21. The predicted octanol–water partition coefficient (Wildman–Crippen LogP) is 2.57. The molecule has 3 unspecified atom stereocenters. The van der Waals surface area contributed by atoms with Gasteiger partial charge in [0.25, 0.3) is 0 Å². The number of benzene rings is 1. The minimum Gasteiger partial charge on any atom is -0.486 e. The molecule has 0 saturated heterocycles. The first kappa shape index (κ1) is 8.73. The Balaban J connectivity index is 2.02. The van der Waals surface area contributed by atoms with Crippen LogP contribution in [0.5, 0.6) is 5.75 Å². The third-order valence-corrected chi connectivity index (χ3v) is 4.32. The van der Waals surface area contributed by atoms with Gasteiger partial charge in [0.2, 0.25) is 0 Å². The average Bonchev–Trinajstić information content (AvgIpc) is 2.63. The molecule has 0 aromatic heterocycles. The van der Waals surface area contributed by atoms with E-state index in [1.54, 1.807) is 0 Å². The molecule has 1 aromatic rings. The molecule has 3 rings (SSSR count). The largest absolute Gasteiger partial charge is 0.486 e. The van der Waals surface area contributed by atoms with Crippen LogP contribution in [0.15, 0.2) is 18.2 Å². The predicted molar refractivity (Wildman–Crippen MR) is 61.0 cm³/mol. The zero-order chi connectivity index (χ0) is 9.76. The molecule has 1 fully saturated rings. The Morgan fingerprint density at radius 2 is 2.36 bits per heavy atom. The maximum Gasteiger partial charge on any atom is 0.123 e. The minimum atomic E-state index is 0.165. The van der Waals surface area contributed by atoms with E-state index in [0.29, 0.717) is 5.66 Å². The van der Waals surface area contributed by atoms with Gasteiger partial charge in [0.05, 0.1) is 0 Å². The monoisotopic (exact) mass is 206 g/mol. The van der Waals surface area contributed by atoms with Crippen molar-refractivity contribution in [3.8, 4) is 5.75 Å². The van der Waals surface area contributed by atoms with Crippen LogP contribution in [0, 0.1) is 0 Å². The summed E-state index contributed by atoms with van der Waals surface area (Å²) < 4.78 is 6.04. The van der Waals surface area contributed by atoms with Crippen molar-refractivity contribution in [2.75, 3.05) is 0 Å². The highest BCUT2D eigenvalue weighted by Crippen LogP contribution is 2.54. The van der Waals surface area contributed by atoms with E-state index in [2.05, 4.69) is 34.4 Å². The van der Waals surface area contributed by atoms with Gasteiger partial charge in [-0.05, 0) is 24.5 Å². The fourth-order valence-electron chi connectivity index (χ4n) is 2.43. The van der Waals surface area contributed by atoms with Crippen LogP contribution in [0.4, 0.5) is 0 Å². The van der Waals surface area contributed by atoms with E-state index < -0.39 is 0 Å². The van der Waals surface area contributed by atoms with Crippen molar-refractivity contribution < 1.29 is 4.74 Å². The highest BCUT2D eigenvalue weighted by atomic mass is 31.0. The lowest BCUT2D eigenvalue weighted by Gasteiger charge is -2.07. The van der Waals surface area contributed by atoms with Gasteiger partial charge in [0.1, 0.15) is 11.4 Å². The van der Waals surface area contributed by atoms with Crippen LogP contribution in [-0.2, 0) is 12.8 Å². The van der Waals surface area contributed by atoms with Crippen molar-refractivity contribution in [2.24, 2.45) is 0 Å². The number of fused-ring (bicyclic) bond motifs is 1. The third-order valence-electron chi connectivity index (χ3n) is 3.48. The van der Waals surface area contributed by atoms with Gasteiger partial charge in [-0.1, -0.05) is 19.1 Å². The molecular weight excluding hydrogens is 191 g/mol. The highest BCUT2D eigenvalue weighted by molar-refractivity contribution is 7.18. The summed E-state index contributed by atoms with van der Waals surface area (Å²) >= 11 is 0. The summed E-state index contributed by atoms with van der Waals surface area (Å²) in [5, 5.41) is 0.